The monoisotopic (exact) mass is 279 g/mol. The minimum absolute atomic E-state index is 0.190. The van der Waals surface area contributed by atoms with Crippen LogP contribution in [0.3, 0.4) is 0 Å². The van der Waals surface area contributed by atoms with Gasteiger partial charge in [0.25, 0.3) is 5.91 Å². The highest BCUT2D eigenvalue weighted by Crippen LogP contribution is 2.22. The molecule has 1 amide bonds. The standard InChI is InChI=1S/C14H21N3O3/c1-5-14(2,13(19)20)9-16-10-6-7-15-11(8-10)12(18)17(3)4/h6-8H,5,9H2,1-4H3,(H,15,16)(H,19,20). The van der Waals surface area contributed by atoms with Crippen molar-refractivity contribution in [2.45, 2.75) is 20.3 Å². The summed E-state index contributed by atoms with van der Waals surface area (Å²) >= 11 is 0. The van der Waals surface area contributed by atoms with Gasteiger partial charge in [0, 0.05) is 32.5 Å². The van der Waals surface area contributed by atoms with Gasteiger partial charge in [-0.05, 0) is 25.5 Å². The number of carboxylic acid groups (broad SMARTS) is 1. The maximum absolute atomic E-state index is 11.8. The zero-order valence-corrected chi connectivity index (χ0v) is 12.3. The van der Waals surface area contributed by atoms with Gasteiger partial charge in [-0.2, -0.15) is 0 Å². The number of hydrogen-bond donors (Lipinski definition) is 2. The van der Waals surface area contributed by atoms with Crippen LogP contribution in [0.1, 0.15) is 30.8 Å². The second-order valence-corrected chi connectivity index (χ2v) is 5.20. The van der Waals surface area contributed by atoms with Crippen LogP contribution >= 0.6 is 0 Å². The highest BCUT2D eigenvalue weighted by atomic mass is 16.4. The number of aromatic nitrogens is 1. The SMILES string of the molecule is CCC(C)(CNc1ccnc(C(=O)N(C)C)c1)C(=O)O. The van der Waals surface area contributed by atoms with Crippen molar-refractivity contribution in [3.8, 4) is 0 Å². The van der Waals surface area contributed by atoms with Crippen molar-refractivity contribution in [3.63, 3.8) is 0 Å². The van der Waals surface area contributed by atoms with Crippen LogP contribution in [0, 0.1) is 5.41 Å². The zero-order chi connectivity index (χ0) is 15.3. The summed E-state index contributed by atoms with van der Waals surface area (Å²) in [7, 11) is 3.31. The number of nitrogens with zero attached hydrogens (tertiary/aromatic N) is 2. The summed E-state index contributed by atoms with van der Waals surface area (Å²) in [6.45, 7) is 3.82. The molecule has 6 heteroatoms. The number of amides is 1. The van der Waals surface area contributed by atoms with E-state index in [9.17, 15) is 14.7 Å². The lowest BCUT2D eigenvalue weighted by Gasteiger charge is -2.24. The molecule has 1 atom stereocenters. The highest BCUT2D eigenvalue weighted by Gasteiger charge is 2.30. The molecule has 6 nitrogen and oxygen atoms in total. The molecular formula is C14H21N3O3. The topological polar surface area (TPSA) is 82.5 Å². The average Bonchev–Trinajstić information content (AvgIpc) is 2.43. The molecule has 0 spiro atoms. The van der Waals surface area contributed by atoms with Crippen molar-refractivity contribution in [2.24, 2.45) is 5.41 Å². The molecule has 1 unspecified atom stereocenters. The lowest BCUT2D eigenvalue weighted by atomic mass is 9.87. The van der Waals surface area contributed by atoms with Gasteiger partial charge in [0.05, 0.1) is 5.41 Å². The molecule has 0 aliphatic heterocycles. The van der Waals surface area contributed by atoms with Crippen LogP contribution in [-0.4, -0.2) is 47.5 Å². The summed E-state index contributed by atoms with van der Waals surface area (Å²) in [6, 6.07) is 3.34. The van der Waals surface area contributed by atoms with E-state index >= 15 is 0 Å². The lowest BCUT2D eigenvalue weighted by Crippen LogP contribution is -2.34. The van der Waals surface area contributed by atoms with Crippen LogP contribution in [-0.2, 0) is 4.79 Å². The molecule has 1 rings (SSSR count). The third-order valence-electron chi connectivity index (χ3n) is 3.36. The van der Waals surface area contributed by atoms with Gasteiger partial charge in [0.2, 0.25) is 0 Å². The number of hydrogen-bond acceptors (Lipinski definition) is 4. The van der Waals surface area contributed by atoms with Crippen LogP contribution in [0.5, 0.6) is 0 Å². The summed E-state index contributed by atoms with van der Waals surface area (Å²) in [5.41, 5.74) is 0.175. The first kappa shape index (κ1) is 15.9. The van der Waals surface area contributed by atoms with E-state index in [4.69, 9.17) is 0 Å². The van der Waals surface area contributed by atoms with Gasteiger partial charge in [0.1, 0.15) is 5.69 Å². The molecule has 0 aliphatic rings. The molecule has 2 N–H and O–H groups in total. The smallest absolute Gasteiger partial charge is 0.311 e. The molecule has 0 saturated carbocycles. The molecule has 20 heavy (non-hydrogen) atoms. The first-order valence-corrected chi connectivity index (χ1v) is 6.45. The van der Waals surface area contributed by atoms with Gasteiger partial charge >= 0.3 is 5.97 Å². The number of aliphatic carboxylic acids is 1. The number of anilines is 1. The van der Waals surface area contributed by atoms with Crippen LogP contribution in [0.15, 0.2) is 18.3 Å². The molecule has 0 aliphatic carbocycles. The molecule has 0 bridgehead atoms. The Morgan fingerprint density at radius 2 is 2.10 bits per heavy atom. The Morgan fingerprint density at radius 1 is 1.45 bits per heavy atom. The maximum Gasteiger partial charge on any atom is 0.311 e. The number of rotatable bonds is 6. The van der Waals surface area contributed by atoms with E-state index in [0.717, 1.165) is 0 Å². The fourth-order valence-corrected chi connectivity index (χ4v) is 1.54. The van der Waals surface area contributed by atoms with E-state index in [2.05, 4.69) is 10.3 Å². The number of pyridine rings is 1. The molecule has 0 saturated heterocycles. The van der Waals surface area contributed by atoms with Gasteiger partial charge in [0.15, 0.2) is 0 Å². The molecule has 0 fully saturated rings. The summed E-state index contributed by atoms with van der Waals surface area (Å²) < 4.78 is 0. The molecule has 0 radical (unpaired) electrons. The van der Waals surface area contributed by atoms with Crippen molar-refractivity contribution in [1.29, 1.82) is 0 Å². The van der Waals surface area contributed by atoms with Crippen molar-refractivity contribution in [1.82, 2.24) is 9.88 Å². The third-order valence-corrected chi connectivity index (χ3v) is 3.36. The Labute approximate surface area is 118 Å². The summed E-state index contributed by atoms with van der Waals surface area (Å²) in [6.07, 6.45) is 2.05. The summed E-state index contributed by atoms with van der Waals surface area (Å²) in [5, 5.41) is 12.3. The highest BCUT2D eigenvalue weighted by molar-refractivity contribution is 5.92. The third kappa shape index (κ3) is 3.69. The lowest BCUT2D eigenvalue weighted by molar-refractivity contribution is -0.147. The number of carboxylic acids is 1. The fraction of sp³-hybridized carbons (Fsp3) is 0.500. The van der Waals surface area contributed by atoms with E-state index in [1.165, 1.54) is 11.1 Å². The van der Waals surface area contributed by atoms with Crippen molar-refractivity contribution < 1.29 is 14.7 Å². The minimum atomic E-state index is -0.842. The summed E-state index contributed by atoms with van der Waals surface area (Å²) in [5.74, 6) is -1.03. The average molecular weight is 279 g/mol. The van der Waals surface area contributed by atoms with Gasteiger partial charge in [-0.3, -0.25) is 14.6 Å². The Morgan fingerprint density at radius 3 is 2.60 bits per heavy atom. The van der Waals surface area contributed by atoms with Crippen LogP contribution in [0.4, 0.5) is 5.69 Å². The van der Waals surface area contributed by atoms with Crippen LogP contribution < -0.4 is 5.32 Å². The van der Waals surface area contributed by atoms with E-state index in [0.29, 0.717) is 24.3 Å². The zero-order valence-electron chi connectivity index (χ0n) is 12.3. The second kappa shape index (κ2) is 6.36. The molecular weight excluding hydrogens is 258 g/mol. The van der Waals surface area contributed by atoms with Gasteiger partial charge in [-0.15, -0.1) is 0 Å². The minimum Gasteiger partial charge on any atom is -0.481 e. The Hall–Kier alpha value is -2.11. The first-order chi connectivity index (χ1) is 9.30. The Bertz CT molecular complexity index is 502. The quantitative estimate of drug-likeness (QED) is 0.828. The van der Waals surface area contributed by atoms with E-state index in [1.807, 2.05) is 6.92 Å². The molecule has 110 valence electrons. The van der Waals surface area contributed by atoms with Gasteiger partial charge in [-0.25, -0.2) is 0 Å². The first-order valence-electron chi connectivity index (χ1n) is 6.45. The number of carbonyl (C=O) groups is 2. The van der Waals surface area contributed by atoms with Crippen LogP contribution in [0.2, 0.25) is 0 Å². The predicted octanol–water partition coefficient (Wildman–Crippen LogP) is 1.70. The van der Waals surface area contributed by atoms with Crippen LogP contribution in [0.25, 0.3) is 0 Å². The van der Waals surface area contributed by atoms with E-state index in [1.54, 1.807) is 33.2 Å². The fourth-order valence-electron chi connectivity index (χ4n) is 1.54. The van der Waals surface area contributed by atoms with Crippen molar-refractivity contribution in [2.75, 3.05) is 26.0 Å². The molecule has 1 aromatic rings. The predicted molar refractivity (Wildman–Crippen MR) is 76.8 cm³/mol. The molecule has 0 aromatic carbocycles. The van der Waals surface area contributed by atoms with Crippen molar-refractivity contribution >= 4 is 17.6 Å². The number of nitrogens with one attached hydrogen (secondary N) is 1. The molecule has 1 heterocycles. The molecule has 1 aromatic heterocycles. The second-order valence-electron chi connectivity index (χ2n) is 5.20. The maximum atomic E-state index is 11.8. The van der Waals surface area contributed by atoms with E-state index < -0.39 is 11.4 Å². The largest absolute Gasteiger partial charge is 0.481 e. The van der Waals surface area contributed by atoms with E-state index in [-0.39, 0.29) is 5.91 Å². The normalized spacial score (nSPS) is 13.4. The number of carbonyl (C=O) groups excluding carboxylic acids is 1. The Kier molecular flexibility index (Phi) is 5.07. The van der Waals surface area contributed by atoms with Gasteiger partial charge < -0.3 is 15.3 Å². The van der Waals surface area contributed by atoms with Crippen molar-refractivity contribution in [3.05, 3.63) is 24.0 Å². The Balaban J connectivity index is 2.82. The van der Waals surface area contributed by atoms with Gasteiger partial charge in [-0.1, -0.05) is 6.92 Å². The summed E-state index contributed by atoms with van der Waals surface area (Å²) in [4.78, 5) is 28.5.